The molecule has 0 radical (unpaired) electrons. The molecule has 0 unspecified atom stereocenters. The molecule has 0 rings (SSSR count). The van der Waals surface area contributed by atoms with E-state index >= 15 is 0 Å². The summed E-state index contributed by atoms with van der Waals surface area (Å²) >= 11 is 0. The Bertz CT molecular complexity index is 100. The molecule has 0 saturated heterocycles. The molecule has 50 valence electrons. The van der Waals surface area contributed by atoms with Gasteiger partial charge in [-0.1, -0.05) is 0 Å². The topological polar surface area (TPSA) is 120 Å². The van der Waals surface area contributed by atoms with Gasteiger partial charge in [-0.3, -0.25) is 0 Å². The van der Waals surface area contributed by atoms with E-state index in [1.165, 1.54) is 0 Å². The molecular formula is H6ClN2O3SZn-. The van der Waals surface area contributed by atoms with Gasteiger partial charge in [-0.05, 0) is 0 Å². The standard InChI is InChI=1S/ClH.H3NO3S.H3N.Zn/c;1-5(2,3)4;;/h1H;(H3,1,2,3,4);1H3;/p-1. The molecule has 8 heavy (non-hydrogen) atoms. The van der Waals surface area contributed by atoms with E-state index in [1.807, 2.05) is 0 Å². The van der Waals surface area contributed by atoms with E-state index in [-0.39, 0.29) is 38.0 Å². The van der Waals surface area contributed by atoms with Crippen LogP contribution in [-0.2, 0) is 29.8 Å². The predicted octanol–water partition coefficient (Wildman–Crippen LogP) is -4.22. The molecule has 5 nitrogen and oxygen atoms in total. The number of hydrogen-bond donors (Lipinski definition) is 2. The van der Waals surface area contributed by atoms with Crippen LogP contribution >= 0.6 is 0 Å². The summed E-state index contributed by atoms with van der Waals surface area (Å²) in [7, 11) is -4.42. The molecule has 0 bridgehead atoms. The maximum atomic E-state index is 8.85. The van der Waals surface area contributed by atoms with Crippen molar-refractivity contribution >= 4 is 10.3 Å². The maximum absolute atomic E-state index is 8.85. The smallest absolute Gasteiger partial charge is 0.156 e. The Hall–Kier alpha value is 0.743. The quantitative estimate of drug-likeness (QED) is 0.314. The third-order valence-electron chi connectivity index (χ3n) is 0. The van der Waals surface area contributed by atoms with Gasteiger partial charge < -0.3 is 23.1 Å². The molecule has 8 heteroatoms. The Kier molecular flexibility index (Phi) is 22.6. The molecular weight excluding hydrogens is 209 g/mol. The average Bonchev–Trinajstić information content (AvgIpc) is 0.722. The van der Waals surface area contributed by atoms with Gasteiger partial charge in [-0.25, -0.2) is 13.6 Å². The Balaban J connectivity index is -0.0000000267. The minimum atomic E-state index is -4.42. The summed E-state index contributed by atoms with van der Waals surface area (Å²) in [4.78, 5) is 0. The van der Waals surface area contributed by atoms with E-state index in [0.717, 1.165) is 0 Å². The molecule has 6 N–H and O–H groups in total. The molecule has 0 aliphatic rings. The average molecular weight is 215 g/mol. The fourth-order valence-corrected chi connectivity index (χ4v) is 0. The molecule has 0 spiro atoms. The predicted molar refractivity (Wildman–Crippen MR) is 19.9 cm³/mol. The SMILES string of the molecule is NS(=O)(=O)[O-].[Cl-].[NH4+].[Zn]. The van der Waals surface area contributed by atoms with Crippen LogP contribution in [0.25, 0.3) is 0 Å². The zero-order valence-corrected chi connectivity index (χ0v) is 8.83. The van der Waals surface area contributed by atoms with Gasteiger partial charge in [0.2, 0.25) is 0 Å². The van der Waals surface area contributed by atoms with Crippen molar-refractivity contribution in [2.45, 2.75) is 0 Å². The molecule has 0 heterocycles. The second-order valence-electron chi connectivity index (χ2n) is 0.493. The summed E-state index contributed by atoms with van der Waals surface area (Å²) < 4.78 is 26.6. The second kappa shape index (κ2) is 7.74. The van der Waals surface area contributed by atoms with Gasteiger partial charge in [0.15, 0.2) is 10.3 Å². The minimum Gasteiger partial charge on any atom is -1.00 e. The van der Waals surface area contributed by atoms with E-state index in [9.17, 15) is 0 Å². The first-order valence-corrected chi connectivity index (χ1v) is 2.21. The van der Waals surface area contributed by atoms with Crippen LogP contribution in [0.1, 0.15) is 0 Å². The zero-order valence-electron chi connectivity index (χ0n) is 4.30. The number of nitrogens with two attached hydrogens (primary N) is 1. The zero-order chi connectivity index (χ0) is 4.50. The van der Waals surface area contributed by atoms with Crippen molar-refractivity contribution in [2.24, 2.45) is 5.14 Å². The van der Waals surface area contributed by atoms with Crippen LogP contribution in [0, 0.1) is 0 Å². The van der Waals surface area contributed by atoms with Crippen molar-refractivity contribution in [1.29, 1.82) is 0 Å². The normalized spacial score (nSPS) is 7.25. The molecule has 0 saturated carbocycles. The largest absolute Gasteiger partial charge is 1.00 e. The fraction of sp³-hybridized carbons (Fsp3) is 0. The Labute approximate surface area is 66.7 Å². The summed E-state index contributed by atoms with van der Waals surface area (Å²) in [5.41, 5.74) is 0. The summed E-state index contributed by atoms with van der Waals surface area (Å²) in [5.74, 6) is 0. The molecule has 0 aliphatic heterocycles. The van der Waals surface area contributed by atoms with Crippen LogP contribution in [0.3, 0.4) is 0 Å². The van der Waals surface area contributed by atoms with Gasteiger partial charge in [0.1, 0.15) is 0 Å². The number of hydrogen-bond acceptors (Lipinski definition) is 3. The van der Waals surface area contributed by atoms with Gasteiger partial charge in [0.05, 0.1) is 0 Å². The molecule has 0 amide bonds. The fourth-order valence-electron chi connectivity index (χ4n) is 0. The maximum Gasteiger partial charge on any atom is 0.156 e. The number of quaternary nitrogens is 1. The van der Waals surface area contributed by atoms with Crippen LogP contribution in [0.5, 0.6) is 0 Å². The molecule has 0 aromatic rings. The van der Waals surface area contributed by atoms with Crippen LogP contribution in [0.2, 0.25) is 0 Å². The summed E-state index contributed by atoms with van der Waals surface area (Å²) in [5, 5.41) is 3.77. The number of rotatable bonds is 0. The minimum absolute atomic E-state index is 0. The van der Waals surface area contributed by atoms with Gasteiger partial charge >= 0.3 is 0 Å². The number of halogens is 1. The van der Waals surface area contributed by atoms with E-state index in [1.54, 1.807) is 0 Å². The van der Waals surface area contributed by atoms with Gasteiger partial charge in [-0.15, -0.1) is 0 Å². The third-order valence-corrected chi connectivity index (χ3v) is 0. The summed E-state index contributed by atoms with van der Waals surface area (Å²) in [6.45, 7) is 0. The van der Waals surface area contributed by atoms with Crippen molar-refractivity contribution < 1.29 is 44.9 Å². The van der Waals surface area contributed by atoms with Crippen molar-refractivity contribution in [3.05, 3.63) is 0 Å². The first-order chi connectivity index (χ1) is 2.00. The van der Waals surface area contributed by atoms with Crippen LogP contribution in [0.4, 0.5) is 0 Å². The van der Waals surface area contributed by atoms with E-state index in [0.29, 0.717) is 0 Å². The molecule has 0 aromatic carbocycles. The van der Waals surface area contributed by atoms with E-state index < -0.39 is 10.3 Å². The Morgan fingerprint density at radius 1 is 1.38 bits per heavy atom. The van der Waals surface area contributed by atoms with Crippen LogP contribution < -0.4 is 23.7 Å². The van der Waals surface area contributed by atoms with Crippen LogP contribution in [0.15, 0.2) is 0 Å². The van der Waals surface area contributed by atoms with Gasteiger partial charge in [0, 0.05) is 19.5 Å². The Morgan fingerprint density at radius 2 is 1.38 bits per heavy atom. The monoisotopic (exact) mass is 213 g/mol. The van der Waals surface area contributed by atoms with Crippen molar-refractivity contribution in [3.63, 3.8) is 0 Å². The van der Waals surface area contributed by atoms with Crippen molar-refractivity contribution in [3.8, 4) is 0 Å². The first kappa shape index (κ1) is 23.3. The molecule has 0 aromatic heterocycles. The molecule has 0 atom stereocenters. The molecule has 0 aliphatic carbocycles. The van der Waals surface area contributed by atoms with Gasteiger partial charge in [-0.2, -0.15) is 0 Å². The first-order valence-electron chi connectivity index (χ1n) is 0.736. The Morgan fingerprint density at radius 3 is 1.38 bits per heavy atom. The van der Waals surface area contributed by atoms with E-state index in [4.69, 9.17) is 13.0 Å². The van der Waals surface area contributed by atoms with Crippen molar-refractivity contribution in [1.82, 2.24) is 6.15 Å². The summed E-state index contributed by atoms with van der Waals surface area (Å²) in [6.07, 6.45) is 0. The molecule has 0 fully saturated rings. The van der Waals surface area contributed by atoms with Gasteiger partial charge in [0.25, 0.3) is 0 Å². The van der Waals surface area contributed by atoms with Crippen LogP contribution in [-0.4, -0.2) is 13.0 Å². The third kappa shape index (κ3) is 403. The summed E-state index contributed by atoms with van der Waals surface area (Å²) in [6, 6.07) is 0. The van der Waals surface area contributed by atoms with Crippen molar-refractivity contribution in [2.75, 3.05) is 0 Å². The van der Waals surface area contributed by atoms with E-state index in [2.05, 4.69) is 5.14 Å². The second-order valence-corrected chi connectivity index (χ2v) is 1.48.